The number of carbonyl (C=O) groups is 1. The molecule has 0 radical (unpaired) electrons. The van der Waals surface area contributed by atoms with Crippen molar-refractivity contribution in [3.8, 4) is 0 Å². The Labute approximate surface area is 221 Å². The molecule has 2 atom stereocenters. The fourth-order valence-corrected chi connectivity index (χ4v) is 4.97. The Morgan fingerprint density at radius 1 is 0.972 bits per heavy atom. The molecule has 4 rings (SSSR count). The first-order valence-electron chi connectivity index (χ1n) is 11.0. The van der Waals surface area contributed by atoms with Crippen LogP contribution in [-0.2, 0) is 12.7 Å². The van der Waals surface area contributed by atoms with Gasteiger partial charge >= 0.3 is 6.18 Å². The lowest BCUT2D eigenvalue weighted by atomic mass is 9.93. The molecule has 1 heterocycles. The summed E-state index contributed by atoms with van der Waals surface area (Å²) in [4.78, 5) is 16.8. The molecule has 0 spiro atoms. The molecular weight excluding hydrogens is 539 g/mol. The van der Waals surface area contributed by atoms with Crippen LogP contribution in [0.1, 0.15) is 33.0 Å². The van der Waals surface area contributed by atoms with Crippen molar-refractivity contribution in [2.75, 3.05) is 20.1 Å². The number of benzene rings is 3. The lowest BCUT2D eigenvalue weighted by Crippen LogP contribution is -2.38. The molecule has 190 valence electrons. The molecule has 1 aliphatic rings. The Morgan fingerprint density at radius 2 is 1.67 bits per heavy atom. The highest BCUT2D eigenvalue weighted by Gasteiger charge is 2.39. The van der Waals surface area contributed by atoms with Gasteiger partial charge in [-0.1, -0.05) is 46.9 Å². The summed E-state index contributed by atoms with van der Waals surface area (Å²) in [5.41, 5.74) is 0.438. The molecule has 1 fully saturated rings. The summed E-state index contributed by atoms with van der Waals surface area (Å²) in [5, 5.41) is 1.29. The number of nitrogens with zero attached hydrogens (tertiary/aromatic N) is 2. The molecule has 0 N–H and O–H groups in total. The second-order valence-electron chi connectivity index (χ2n) is 8.79. The summed E-state index contributed by atoms with van der Waals surface area (Å²) in [6, 6.07) is 14.6. The number of rotatable bonds is 5. The van der Waals surface area contributed by atoms with Crippen molar-refractivity contribution >= 4 is 40.7 Å². The second-order valence-corrected chi connectivity index (χ2v) is 10.0. The van der Waals surface area contributed by atoms with Crippen molar-refractivity contribution in [3.63, 3.8) is 0 Å². The van der Waals surface area contributed by atoms with E-state index in [2.05, 4.69) is 0 Å². The van der Waals surface area contributed by atoms with Gasteiger partial charge in [0.15, 0.2) is 0 Å². The van der Waals surface area contributed by atoms with E-state index in [1.807, 2.05) is 11.0 Å². The number of likely N-dealkylation sites (tertiary alicyclic amines) is 1. The van der Waals surface area contributed by atoms with E-state index in [1.54, 1.807) is 48.3 Å². The number of carbonyl (C=O) groups excluding carboxylic acids is 1. The first-order chi connectivity index (χ1) is 16.9. The van der Waals surface area contributed by atoms with Crippen LogP contribution in [0.15, 0.2) is 60.7 Å². The van der Waals surface area contributed by atoms with Crippen molar-refractivity contribution in [3.05, 3.63) is 104 Å². The lowest BCUT2D eigenvalue weighted by Gasteiger charge is -2.29. The first kappa shape index (κ1) is 26.7. The summed E-state index contributed by atoms with van der Waals surface area (Å²) in [5.74, 6) is -1.66. The number of amides is 1. The lowest BCUT2D eigenvalue weighted by molar-refractivity contribution is -0.140. The van der Waals surface area contributed by atoms with Gasteiger partial charge in [0, 0.05) is 42.2 Å². The molecule has 0 saturated carbocycles. The van der Waals surface area contributed by atoms with E-state index in [9.17, 15) is 22.4 Å². The Kier molecular flexibility index (Phi) is 7.86. The highest BCUT2D eigenvalue weighted by molar-refractivity contribution is 6.42. The molecule has 0 bridgehead atoms. The van der Waals surface area contributed by atoms with Crippen LogP contribution in [0.25, 0.3) is 0 Å². The Bertz CT molecular complexity index is 1270. The van der Waals surface area contributed by atoms with Gasteiger partial charge in [0.25, 0.3) is 5.91 Å². The van der Waals surface area contributed by atoms with Gasteiger partial charge in [-0.05, 0) is 66.7 Å². The Balaban J connectivity index is 1.61. The third kappa shape index (κ3) is 5.80. The summed E-state index contributed by atoms with van der Waals surface area (Å²) < 4.78 is 53.0. The van der Waals surface area contributed by atoms with E-state index in [-0.39, 0.29) is 24.4 Å². The predicted octanol–water partition coefficient (Wildman–Crippen LogP) is 7.54. The molecule has 3 aromatic rings. The summed E-state index contributed by atoms with van der Waals surface area (Å²) in [6.45, 7) is 0.919. The maximum absolute atomic E-state index is 14.2. The highest BCUT2D eigenvalue weighted by Crippen LogP contribution is 2.36. The monoisotopic (exact) mass is 558 g/mol. The molecule has 36 heavy (non-hydrogen) atoms. The highest BCUT2D eigenvalue weighted by atomic mass is 35.5. The summed E-state index contributed by atoms with van der Waals surface area (Å²) >= 11 is 18.3. The van der Waals surface area contributed by atoms with Gasteiger partial charge in [-0.2, -0.15) is 13.2 Å². The minimum absolute atomic E-state index is 0.166. The van der Waals surface area contributed by atoms with Crippen molar-refractivity contribution in [2.24, 2.45) is 0 Å². The largest absolute Gasteiger partial charge is 0.419 e. The molecule has 0 unspecified atom stereocenters. The fourth-order valence-electron chi connectivity index (χ4n) is 4.54. The molecule has 1 saturated heterocycles. The Hall–Kier alpha value is -2.32. The van der Waals surface area contributed by atoms with E-state index in [0.29, 0.717) is 39.3 Å². The molecule has 3 aromatic carbocycles. The number of halogens is 7. The second kappa shape index (κ2) is 10.6. The van der Waals surface area contributed by atoms with Gasteiger partial charge in [0.1, 0.15) is 5.82 Å². The van der Waals surface area contributed by atoms with Crippen molar-refractivity contribution < 1.29 is 22.4 Å². The zero-order valence-corrected chi connectivity index (χ0v) is 21.3. The Morgan fingerprint density at radius 3 is 2.28 bits per heavy atom. The van der Waals surface area contributed by atoms with Crippen LogP contribution >= 0.6 is 34.8 Å². The average molecular weight is 560 g/mol. The molecule has 3 nitrogen and oxygen atoms in total. The standard InChI is InChI=1S/C26H21Cl3F4N2O/c1-34(12-15-2-8-20(23(30)10-15)26(31,32)33)24-14-35(25(36)16-3-6-18(27)7-4-16)13-19(24)17-5-9-21(28)22(29)11-17/h2-11,19,24H,12-14H2,1H3/t19-,24+/m1/s1. The minimum Gasteiger partial charge on any atom is -0.336 e. The van der Waals surface area contributed by atoms with Gasteiger partial charge in [-0.15, -0.1) is 0 Å². The number of alkyl halides is 3. The van der Waals surface area contributed by atoms with E-state index in [1.165, 1.54) is 6.07 Å². The molecule has 0 aliphatic carbocycles. The third-order valence-electron chi connectivity index (χ3n) is 6.38. The minimum atomic E-state index is -4.76. The molecule has 1 aliphatic heterocycles. The van der Waals surface area contributed by atoms with Crippen LogP contribution in [0.4, 0.5) is 17.6 Å². The SMILES string of the molecule is CN(Cc1ccc(C(F)(F)F)c(F)c1)[C@H]1CN(C(=O)c2ccc(Cl)cc2)C[C@@H]1c1ccc(Cl)c(Cl)c1. The predicted molar refractivity (Wildman–Crippen MR) is 133 cm³/mol. The number of hydrogen-bond acceptors (Lipinski definition) is 2. The smallest absolute Gasteiger partial charge is 0.336 e. The topological polar surface area (TPSA) is 23.6 Å². The van der Waals surface area contributed by atoms with E-state index >= 15 is 0 Å². The van der Waals surface area contributed by atoms with Crippen LogP contribution < -0.4 is 0 Å². The van der Waals surface area contributed by atoms with Crippen LogP contribution in [-0.4, -0.2) is 41.9 Å². The third-order valence-corrected chi connectivity index (χ3v) is 7.37. The van der Waals surface area contributed by atoms with Crippen LogP contribution in [0.5, 0.6) is 0 Å². The molecule has 10 heteroatoms. The molecule has 0 aromatic heterocycles. The van der Waals surface area contributed by atoms with Gasteiger partial charge in [-0.25, -0.2) is 4.39 Å². The van der Waals surface area contributed by atoms with Crippen molar-refractivity contribution in [1.29, 1.82) is 0 Å². The van der Waals surface area contributed by atoms with E-state index < -0.39 is 17.6 Å². The summed E-state index contributed by atoms with van der Waals surface area (Å²) in [6.07, 6.45) is -4.76. The van der Waals surface area contributed by atoms with Gasteiger partial charge in [-0.3, -0.25) is 9.69 Å². The summed E-state index contributed by atoms with van der Waals surface area (Å²) in [7, 11) is 1.79. The zero-order chi connectivity index (χ0) is 26.2. The van der Waals surface area contributed by atoms with Crippen molar-refractivity contribution in [2.45, 2.75) is 24.7 Å². The fraction of sp³-hybridized carbons (Fsp3) is 0.269. The van der Waals surface area contributed by atoms with Crippen molar-refractivity contribution in [1.82, 2.24) is 9.80 Å². The van der Waals surface area contributed by atoms with E-state index in [0.717, 1.165) is 17.7 Å². The zero-order valence-electron chi connectivity index (χ0n) is 19.0. The maximum atomic E-state index is 14.2. The average Bonchev–Trinajstić information content (AvgIpc) is 3.26. The maximum Gasteiger partial charge on any atom is 0.419 e. The number of likely N-dealkylation sites (N-methyl/N-ethyl adjacent to an activating group) is 1. The van der Waals surface area contributed by atoms with Gasteiger partial charge in [0.05, 0.1) is 15.6 Å². The van der Waals surface area contributed by atoms with Crippen LogP contribution in [0, 0.1) is 5.82 Å². The van der Waals surface area contributed by atoms with Gasteiger partial charge in [0.2, 0.25) is 0 Å². The van der Waals surface area contributed by atoms with Crippen LogP contribution in [0.3, 0.4) is 0 Å². The van der Waals surface area contributed by atoms with E-state index in [4.69, 9.17) is 34.8 Å². The first-order valence-corrected chi connectivity index (χ1v) is 12.1. The van der Waals surface area contributed by atoms with Gasteiger partial charge < -0.3 is 4.90 Å². The normalized spacial score (nSPS) is 18.2. The quantitative estimate of drug-likeness (QED) is 0.302. The van der Waals surface area contributed by atoms with Crippen LogP contribution in [0.2, 0.25) is 15.1 Å². The number of hydrogen-bond donors (Lipinski definition) is 0. The molecule has 1 amide bonds. The molecular formula is C26H21Cl3F4N2O.